The van der Waals surface area contributed by atoms with E-state index in [0.717, 1.165) is 32.1 Å². The van der Waals surface area contributed by atoms with Crippen LogP contribution in [0.1, 0.15) is 139 Å². The van der Waals surface area contributed by atoms with E-state index in [1.54, 1.807) is 27.9 Å². The van der Waals surface area contributed by atoms with Crippen LogP contribution < -0.4 is 0 Å². The van der Waals surface area contributed by atoms with E-state index in [1.807, 2.05) is 27.7 Å². The van der Waals surface area contributed by atoms with E-state index in [2.05, 4.69) is 6.92 Å². The highest BCUT2D eigenvalue weighted by Crippen LogP contribution is 2.71. The van der Waals surface area contributed by atoms with Gasteiger partial charge in [-0.15, -0.1) is 0 Å². The molecule has 21 nitrogen and oxygen atoms in total. The van der Waals surface area contributed by atoms with Crippen molar-refractivity contribution in [3.8, 4) is 0 Å². The van der Waals surface area contributed by atoms with Crippen LogP contribution in [0.5, 0.6) is 0 Å². The molecule has 4 aliphatic heterocycles. The van der Waals surface area contributed by atoms with E-state index in [9.17, 15) is 45.3 Å². The third-order valence-electron chi connectivity index (χ3n) is 19.9. The summed E-state index contributed by atoms with van der Waals surface area (Å²) >= 11 is 0. The Hall–Kier alpha value is -1.74. The van der Waals surface area contributed by atoms with Gasteiger partial charge < -0.3 is 92.6 Å². The van der Waals surface area contributed by atoms with Crippen LogP contribution in [0.2, 0.25) is 0 Å². The van der Waals surface area contributed by atoms with Gasteiger partial charge in [-0.1, -0.05) is 27.7 Å². The van der Waals surface area contributed by atoms with Gasteiger partial charge in [0.1, 0.15) is 60.5 Å². The highest BCUT2D eigenvalue weighted by Gasteiger charge is 2.77. The Bertz CT molecular complexity index is 1920. The lowest BCUT2D eigenvalue weighted by molar-refractivity contribution is -0.357. The predicted molar refractivity (Wildman–Crippen MR) is 262 cm³/mol. The number of fused-ring (bicyclic) bond motifs is 5. The summed E-state index contributed by atoms with van der Waals surface area (Å²) in [6.45, 7) is 15.7. The summed E-state index contributed by atoms with van der Waals surface area (Å²) in [4.78, 5) is 25.8. The fourth-order valence-corrected chi connectivity index (χ4v) is 15.1. The Morgan fingerprint density at radius 2 is 1.27 bits per heavy atom. The third kappa shape index (κ3) is 11.0. The summed E-state index contributed by atoms with van der Waals surface area (Å²) in [5.74, 6) is -1.19. The molecule has 0 amide bonds. The van der Waals surface area contributed by atoms with Crippen molar-refractivity contribution in [2.45, 2.75) is 273 Å². The Morgan fingerprint density at radius 3 is 1.84 bits per heavy atom. The first-order chi connectivity index (χ1) is 35.4. The molecular formula is C54H90O21. The summed E-state index contributed by atoms with van der Waals surface area (Å²) in [5, 5.41) is 78.1. The number of esters is 2. The van der Waals surface area contributed by atoms with E-state index in [4.69, 9.17) is 56.8 Å². The van der Waals surface area contributed by atoms with Crippen molar-refractivity contribution in [2.75, 3.05) is 20.8 Å². The predicted octanol–water partition coefficient (Wildman–Crippen LogP) is 2.53. The molecule has 75 heavy (non-hydrogen) atoms. The minimum Gasteiger partial charge on any atom is -0.462 e. The number of rotatable bonds is 16. The molecule has 8 aliphatic rings. The van der Waals surface area contributed by atoms with E-state index >= 15 is 0 Å². The molecule has 0 aromatic heterocycles. The molecule has 0 bridgehead atoms. The number of carbonyl (C=O) groups excluding carboxylic acids is 2. The average Bonchev–Trinajstić information content (AvgIpc) is 3.59. The number of hydrogen-bond acceptors (Lipinski definition) is 21. The zero-order valence-corrected chi connectivity index (χ0v) is 45.9. The van der Waals surface area contributed by atoms with E-state index < -0.39 is 152 Å². The smallest absolute Gasteiger partial charge is 0.309 e. The molecule has 0 radical (unpaired) electrons. The summed E-state index contributed by atoms with van der Waals surface area (Å²) < 4.78 is 74.0. The SMILES string of the molecule is CCC(C)C(=O)OC(C)C1(O)CCC2(O)C3CCC4CC(OC5CC(O)C(OC6CC(OC)C(OC7CC(OC)C(OC8OC(CO)C(O)C(O)C8O)C(C)O7)C(C)O6)C(C)O5)CCC4(C)C3CC(OC(C)=O)C12C. The maximum Gasteiger partial charge on any atom is 0.309 e. The van der Waals surface area contributed by atoms with Gasteiger partial charge in [0.2, 0.25) is 0 Å². The van der Waals surface area contributed by atoms with Gasteiger partial charge in [-0.2, -0.15) is 0 Å². The zero-order valence-electron chi connectivity index (χ0n) is 45.9. The van der Waals surface area contributed by atoms with Crippen molar-refractivity contribution in [2.24, 2.45) is 34.5 Å². The van der Waals surface area contributed by atoms with E-state index in [0.29, 0.717) is 19.3 Å². The van der Waals surface area contributed by atoms with Crippen LogP contribution in [-0.2, 0) is 66.4 Å². The number of hydrogen-bond donors (Lipinski definition) is 7. The number of aliphatic hydroxyl groups excluding tert-OH is 5. The van der Waals surface area contributed by atoms with Crippen LogP contribution in [-0.4, -0.2) is 203 Å². The fourth-order valence-electron chi connectivity index (χ4n) is 15.1. The second-order valence-corrected chi connectivity index (χ2v) is 23.9. The van der Waals surface area contributed by atoms with Crippen LogP contribution in [0.25, 0.3) is 0 Å². The van der Waals surface area contributed by atoms with Gasteiger partial charge in [-0.05, 0) is 109 Å². The lowest BCUT2D eigenvalue weighted by Gasteiger charge is -2.66. The van der Waals surface area contributed by atoms with Gasteiger partial charge in [0, 0.05) is 40.4 Å². The molecule has 4 saturated carbocycles. The average molecular weight is 1080 g/mol. The van der Waals surface area contributed by atoms with Crippen molar-refractivity contribution >= 4 is 11.9 Å². The van der Waals surface area contributed by atoms with Crippen LogP contribution in [0, 0.1) is 34.5 Å². The first-order valence-corrected chi connectivity index (χ1v) is 27.8. The summed E-state index contributed by atoms with van der Waals surface area (Å²) in [6, 6.07) is 0. The molecule has 4 heterocycles. The largest absolute Gasteiger partial charge is 0.462 e. The minimum atomic E-state index is -1.63. The second-order valence-electron chi connectivity index (χ2n) is 23.9. The van der Waals surface area contributed by atoms with Gasteiger partial charge >= 0.3 is 11.9 Å². The number of ether oxygens (including phenoxy) is 12. The molecule has 432 valence electrons. The Labute approximate surface area is 441 Å². The van der Waals surface area contributed by atoms with Crippen molar-refractivity contribution in [1.29, 1.82) is 0 Å². The molecule has 28 atom stereocenters. The third-order valence-corrected chi connectivity index (χ3v) is 19.9. The minimum absolute atomic E-state index is 0.00841. The quantitative estimate of drug-likeness (QED) is 0.0864. The molecule has 4 aliphatic carbocycles. The topological polar surface area (TPSA) is 287 Å². The summed E-state index contributed by atoms with van der Waals surface area (Å²) in [7, 11) is 3.08. The van der Waals surface area contributed by atoms with Crippen LogP contribution >= 0.6 is 0 Å². The molecule has 0 spiro atoms. The molecular weight excluding hydrogens is 985 g/mol. The maximum atomic E-state index is 13.1. The first-order valence-electron chi connectivity index (χ1n) is 27.8. The monoisotopic (exact) mass is 1070 g/mol. The van der Waals surface area contributed by atoms with Crippen LogP contribution in [0.4, 0.5) is 0 Å². The number of aliphatic hydroxyl groups is 7. The molecule has 7 N–H and O–H groups in total. The van der Waals surface area contributed by atoms with E-state index in [-0.39, 0.29) is 60.9 Å². The summed E-state index contributed by atoms with van der Waals surface area (Å²) in [6.07, 6.45) is -11.1. The van der Waals surface area contributed by atoms with Gasteiger partial charge in [0.25, 0.3) is 0 Å². The molecule has 4 saturated heterocycles. The lowest BCUT2D eigenvalue weighted by atomic mass is 9.42. The van der Waals surface area contributed by atoms with Gasteiger partial charge in [0.15, 0.2) is 25.2 Å². The standard InChI is InChI=1S/C54H90O21/c1-12-25(2)49(61)69-29(6)53(62)17-18-54(63)33-14-13-31-19-32(15-16-51(31,8)34(33)20-39(52(53,54)9)70-30(7)56)71-40-21-35(57)46(26(3)66-40)73-41-22-36(64-10)47(27(4)67-41)74-42-23-37(65-11)48(28(5)68-42)75-50-45(60)44(59)43(58)38(24-55)72-50/h25-29,31-48,50,55,57-60,62-63H,12-24H2,1-11H3. The van der Waals surface area contributed by atoms with Crippen LogP contribution in [0.15, 0.2) is 0 Å². The molecule has 0 aromatic rings. The second kappa shape index (κ2) is 23.4. The number of carbonyl (C=O) groups is 2. The van der Waals surface area contributed by atoms with Gasteiger partial charge in [-0.3, -0.25) is 9.59 Å². The first kappa shape index (κ1) is 59.4. The van der Waals surface area contributed by atoms with Gasteiger partial charge in [-0.25, -0.2) is 0 Å². The number of methoxy groups -OCH3 is 2. The maximum absolute atomic E-state index is 13.1. The molecule has 8 rings (SSSR count). The van der Waals surface area contributed by atoms with Crippen LogP contribution in [0.3, 0.4) is 0 Å². The lowest BCUT2D eigenvalue weighted by Crippen LogP contribution is -2.72. The Morgan fingerprint density at radius 1 is 0.680 bits per heavy atom. The highest BCUT2D eigenvalue weighted by atomic mass is 16.8. The van der Waals surface area contributed by atoms with Crippen molar-refractivity contribution in [3.63, 3.8) is 0 Å². The van der Waals surface area contributed by atoms with Gasteiger partial charge in [0.05, 0.1) is 66.3 Å². The normalized spacial score (nSPS) is 50.9. The van der Waals surface area contributed by atoms with Crippen molar-refractivity contribution in [3.05, 3.63) is 0 Å². The van der Waals surface area contributed by atoms with Crippen molar-refractivity contribution < 1.29 is 102 Å². The Kier molecular flexibility index (Phi) is 18.5. The van der Waals surface area contributed by atoms with Crippen molar-refractivity contribution in [1.82, 2.24) is 0 Å². The molecule has 28 unspecified atom stereocenters. The fraction of sp³-hybridized carbons (Fsp3) is 0.963. The highest BCUT2D eigenvalue weighted by molar-refractivity contribution is 5.72. The Balaban J connectivity index is 0.839. The molecule has 8 fully saturated rings. The van der Waals surface area contributed by atoms with E-state index in [1.165, 1.54) is 14.0 Å². The summed E-state index contributed by atoms with van der Waals surface area (Å²) in [5.41, 5.74) is -4.52. The molecule has 21 heteroatoms. The molecule has 0 aromatic carbocycles. The zero-order chi connectivity index (χ0) is 54.7.